The molecule has 5 heteroatoms. The summed E-state index contributed by atoms with van der Waals surface area (Å²) in [4.78, 5) is 14.9. The lowest BCUT2D eigenvalue weighted by atomic mass is 10.1. The molecule has 0 aromatic carbocycles. The normalized spacial score (nSPS) is 12.4. The number of nitrogens with zero attached hydrogens (tertiary/aromatic N) is 2. The van der Waals surface area contributed by atoms with E-state index in [1.54, 1.807) is 12.3 Å². The molecule has 0 saturated carbocycles. The number of aryl methyl sites for hydroxylation is 1. The van der Waals surface area contributed by atoms with Gasteiger partial charge in [-0.25, -0.2) is 0 Å². The molecule has 0 aliphatic heterocycles. The van der Waals surface area contributed by atoms with Crippen LogP contribution in [-0.4, -0.2) is 22.5 Å². The molecule has 0 aliphatic carbocycles. The van der Waals surface area contributed by atoms with Crippen LogP contribution >= 0.6 is 0 Å². The van der Waals surface area contributed by atoms with Crippen LogP contribution in [-0.2, 0) is 6.42 Å². The van der Waals surface area contributed by atoms with Gasteiger partial charge in [0.2, 0.25) is 0 Å². The van der Waals surface area contributed by atoms with Crippen LogP contribution in [0.3, 0.4) is 0 Å². The minimum absolute atomic E-state index is 0.131. The Bertz CT molecular complexity index is 407. The molecule has 0 fully saturated rings. The van der Waals surface area contributed by atoms with Gasteiger partial charge in [0.25, 0.3) is 5.69 Å². The highest BCUT2D eigenvalue weighted by Crippen LogP contribution is 2.19. The van der Waals surface area contributed by atoms with Crippen molar-refractivity contribution in [3.8, 4) is 0 Å². The summed E-state index contributed by atoms with van der Waals surface area (Å²) < 4.78 is 0. The van der Waals surface area contributed by atoms with E-state index in [0.29, 0.717) is 12.1 Å². The summed E-state index contributed by atoms with van der Waals surface area (Å²) in [5, 5.41) is 14.4. The third-order valence-corrected chi connectivity index (χ3v) is 2.90. The third kappa shape index (κ3) is 4.07. The highest BCUT2D eigenvalue weighted by molar-refractivity contribution is 5.38. The fourth-order valence-corrected chi connectivity index (χ4v) is 1.84. The Morgan fingerprint density at radius 1 is 1.50 bits per heavy atom. The predicted octanol–water partition coefficient (Wildman–Crippen LogP) is 2.62. The van der Waals surface area contributed by atoms with Crippen molar-refractivity contribution in [1.82, 2.24) is 10.3 Å². The smallest absolute Gasteiger partial charge is 0.291 e. The Hall–Kier alpha value is -1.49. The van der Waals surface area contributed by atoms with Gasteiger partial charge in [-0.1, -0.05) is 13.8 Å². The maximum atomic E-state index is 11.0. The quantitative estimate of drug-likeness (QED) is 0.597. The summed E-state index contributed by atoms with van der Waals surface area (Å²) in [5.41, 5.74) is 1.52. The van der Waals surface area contributed by atoms with E-state index in [1.807, 2.05) is 6.92 Å². The monoisotopic (exact) mass is 251 g/mol. The van der Waals surface area contributed by atoms with E-state index in [2.05, 4.69) is 24.1 Å². The molecule has 1 heterocycles. The van der Waals surface area contributed by atoms with Crippen molar-refractivity contribution in [3.63, 3.8) is 0 Å². The largest absolute Gasteiger partial charge is 0.314 e. The van der Waals surface area contributed by atoms with Gasteiger partial charge in [-0.05, 0) is 31.9 Å². The molecular formula is C13H21N3O2. The summed E-state index contributed by atoms with van der Waals surface area (Å²) in [6.45, 7) is 6.92. The van der Waals surface area contributed by atoms with Crippen molar-refractivity contribution in [2.24, 2.45) is 0 Å². The van der Waals surface area contributed by atoms with Crippen LogP contribution in [0.4, 0.5) is 5.69 Å². The Labute approximate surface area is 108 Å². The molecular weight excluding hydrogens is 230 g/mol. The van der Waals surface area contributed by atoms with Gasteiger partial charge in [-0.3, -0.25) is 15.1 Å². The minimum Gasteiger partial charge on any atom is -0.314 e. The van der Waals surface area contributed by atoms with Crippen LogP contribution in [0.5, 0.6) is 0 Å². The van der Waals surface area contributed by atoms with Crippen molar-refractivity contribution in [2.75, 3.05) is 6.54 Å². The molecule has 100 valence electrons. The highest BCUT2D eigenvalue weighted by Gasteiger charge is 2.18. The van der Waals surface area contributed by atoms with E-state index >= 15 is 0 Å². The van der Waals surface area contributed by atoms with Crippen LogP contribution in [0.2, 0.25) is 0 Å². The number of nitrogens with one attached hydrogen (secondary N) is 1. The molecule has 18 heavy (non-hydrogen) atoms. The average Bonchev–Trinajstić information content (AvgIpc) is 2.35. The fourth-order valence-electron chi connectivity index (χ4n) is 1.84. The summed E-state index contributed by atoms with van der Waals surface area (Å²) >= 11 is 0. The van der Waals surface area contributed by atoms with E-state index < -0.39 is 0 Å². The van der Waals surface area contributed by atoms with E-state index in [0.717, 1.165) is 24.9 Å². The lowest BCUT2D eigenvalue weighted by Gasteiger charge is -2.16. The van der Waals surface area contributed by atoms with Gasteiger partial charge < -0.3 is 5.32 Å². The second kappa shape index (κ2) is 7.06. The zero-order valence-electron chi connectivity index (χ0n) is 11.3. The molecule has 0 amide bonds. The first-order valence-electron chi connectivity index (χ1n) is 6.41. The lowest BCUT2D eigenvalue weighted by Crippen LogP contribution is -2.31. The maximum Gasteiger partial charge on any atom is 0.291 e. The van der Waals surface area contributed by atoms with Crippen molar-refractivity contribution in [2.45, 2.75) is 46.1 Å². The van der Waals surface area contributed by atoms with E-state index in [4.69, 9.17) is 0 Å². The Morgan fingerprint density at radius 2 is 2.22 bits per heavy atom. The van der Waals surface area contributed by atoms with E-state index in [1.165, 1.54) is 0 Å². The Balaban J connectivity index is 2.84. The number of aromatic nitrogens is 1. The van der Waals surface area contributed by atoms with E-state index in [-0.39, 0.29) is 16.7 Å². The van der Waals surface area contributed by atoms with Crippen molar-refractivity contribution in [1.29, 1.82) is 0 Å². The fraction of sp³-hybridized carbons (Fsp3) is 0.615. The Kier molecular flexibility index (Phi) is 5.71. The minimum atomic E-state index is -0.345. The molecule has 1 rings (SSSR count). The highest BCUT2D eigenvalue weighted by atomic mass is 16.6. The van der Waals surface area contributed by atoms with Crippen LogP contribution in [0.1, 0.15) is 37.9 Å². The summed E-state index contributed by atoms with van der Waals surface area (Å²) in [6, 6.07) is 1.84. The second-order valence-corrected chi connectivity index (χ2v) is 4.50. The van der Waals surface area contributed by atoms with Crippen LogP contribution in [0.15, 0.2) is 12.3 Å². The number of nitro groups is 1. The van der Waals surface area contributed by atoms with Crippen LogP contribution in [0.25, 0.3) is 0 Å². The first-order valence-corrected chi connectivity index (χ1v) is 6.41. The molecule has 1 atom stereocenters. The summed E-state index contributed by atoms with van der Waals surface area (Å²) in [6.07, 6.45) is 4.29. The molecule has 1 unspecified atom stereocenters. The van der Waals surface area contributed by atoms with Crippen molar-refractivity contribution < 1.29 is 4.92 Å². The Morgan fingerprint density at radius 3 is 2.78 bits per heavy atom. The topological polar surface area (TPSA) is 68.1 Å². The number of rotatable bonds is 7. The van der Waals surface area contributed by atoms with Gasteiger partial charge in [-0.15, -0.1) is 0 Å². The van der Waals surface area contributed by atoms with Crippen molar-refractivity contribution >= 4 is 5.69 Å². The van der Waals surface area contributed by atoms with E-state index in [9.17, 15) is 10.1 Å². The average molecular weight is 251 g/mol. The van der Waals surface area contributed by atoms with Gasteiger partial charge in [-0.2, -0.15) is 0 Å². The molecule has 5 nitrogen and oxygen atoms in total. The second-order valence-electron chi connectivity index (χ2n) is 4.50. The summed E-state index contributed by atoms with van der Waals surface area (Å²) in [7, 11) is 0. The number of hydrogen-bond acceptors (Lipinski definition) is 4. The van der Waals surface area contributed by atoms with Gasteiger partial charge in [0.1, 0.15) is 5.69 Å². The summed E-state index contributed by atoms with van der Waals surface area (Å²) in [5.74, 6) is 0. The molecule has 0 radical (unpaired) electrons. The molecule has 0 bridgehead atoms. The zero-order valence-corrected chi connectivity index (χ0v) is 11.3. The lowest BCUT2D eigenvalue weighted by molar-refractivity contribution is -0.386. The standard InChI is InChI=1S/C13H21N3O2/c1-4-6-14-11(5-2)8-12-13(16(17)18)7-10(3)9-15-12/h7,9,11,14H,4-6,8H2,1-3H3. The van der Waals surface area contributed by atoms with Crippen molar-refractivity contribution in [3.05, 3.63) is 33.6 Å². The molecule has 1 aromatic rings. The predicted molar refractivity (Wildman–Crippen MR) is 71.7 cm³/mol. The maximum absolute atomic E-state index is 11.0. The van der Waals surface area contributed by atoms with Crippen LogP contribution in [0, 0.1) is 17.0 Å². The molecule has 0 spiro atoms. The van der Waals surface area contributed by atoms with Gasteiger partial charge in [0.05, 0.1) is 4.92 Å². The SMILES string of the molecule is CCCNC(CC)Cc1ncc(C)cc1[N+](=O)[O-]. The zero-order chi connectivity index (χ0) is 13.5. The van der Waals surface area contributed by atoms with Gasteiger partial charge >= 0.3 is 0 Å². The van der Waals surface area contributed by atoms with Crippen LogP contribution < -0.4 is 5.32 Å². The first kappa shape index (κ1) is 14.6. The molecule has 0 aliphatic rings. The van der Waals surface area contributed by atoms with Gasteiger partial charge in [0.15, 0.2) is 0 Å². The van der Waals surface area contributed by atoms with Gasteiger partial charge in [0, 0.05) is 24.7 Å². The molecule has 1 N–H and O–H groups in total. The molecule has 0 saturated heterocycles. The third-order valence-electron chi connectivity index (χ3n) is 2.90. The first-order chi connectivity index (χ1) is 8.58. The number of hydrogen-bond donors (Lipinski definition) is 1. The number of pyridine rings is 1. The molecule has 1 aromatic heterocycles.